The summed E-state index contributed by atoms with van der Waals surface area (Å²) in [5.41, 5.74) is 4.82. The summed E-state index contributed by atoms with van der Waals surface area (Å²) in [6.07, 6.45) is 3.40. The standard InChI is InChI=1S/C21H20N4S/c1-13(2)15-4-6-16(7-5-15)17-11-26-21-19(17)20(23-12-24-21)25-18-10-14(3)8-9-22-18/h4-13H,1-3H3,(H,22,23,24,25). The zero-order valence-corrected chi connectivity index (χ0v) is 15.8. The highest BCUT2D eigenvalue weighted by Gasteiger charge is 2.14. The summed E-state index contributed by atoms with van der Waals surface area (Å²) in [4.78, 5) is 14.3. The highest BCUT2D eigenvalue weighted by molar-refractivity contribution is 7.17. The summed E-state index contributed by atoms with van der Waals surface area (Å²) in [6, 6.07) is 12.7. The Hall–Kier alpha value is -2.79. The SMILES string of the molecule is Cc1ccnc(Nc2ncnc3scc(-c4ccc(C(C)C)cc4)c23)c1. The van der Waals surface area contributed by atoms with Crippen LogP contribution < -0.4 is 5.32 Å². The number of hydrogen-bond acceptors (Lipinski definition) is 5. The summed E-state index contributed by atoms with van der Waals surface area (Å²) in [6.45, 7) is 6.47. The summed E-state index contributed by atoms with van der Waals surface area (Å²) < 4.78 is 0. The molecule has 0 aliphatic heterocycles. The molecule has 26 heavy (non-hydrogen) atoms. The van der Waals surface area contributed by atoms with E-state index in [1.54, 1.807) is 23.9 Å². The Balaban J connectivity index is 1.79. The molecule has 0 fully saturated rings. The van der Waals surface area contributed by atoms with Crippen molar-refractivity contribution in [2.24, 2.45) is 0 Å². The molecule has 3 aromatic heterocycles. The average Bonchev–Trinajstić information content (AvgIpc) is 3.07. The van der Waals surface area contributed by atoms with Crippen LogP contribution in [-0.2, 0) is 0 Å². The number of hydrogen-bond donors (Lipinski definition) is 1. The van der Waals surface area contributed by atoms with Crippen molar-refractivity contribution in [3.8, 4) is 11.1 Å². The molecule has 0 amide bonds. The Morgan fingerprint density at radius 2 is 1.81 bits per heavy atom. The number of pyridine rings is 1. The van der Waals surface area contributed by atoms with Gasteiger partial charge in [-0.2, -0.15) is 0 Å². The molecule has 0 saturated carbocycles. The number of aromatic nitrogens is 3. The van der Waals surface area contributed by atoms with Crippen molar-refractivity contribution in [1.82, 2.24) is 15.0 Å². The van der Waals surface area contributed by atoms with Crippen LogP contribution in [0.2, 0.25) is 0 Å². The van der Waals surface area contributed by atoms with Gasteiger partial charge in [-0.05, 0) is 41.7 Å². The van der Waals surface area contributed by atoms with E-state index in [0.29, 0.717) is 5.92 Å². The predicted molar refractivity (Wildman–Crippen MR) is 109 cm³/mol. The van der Waals surface area contributed by atoms with Gasteiger partial charge in [0.2, 0.25) is 0 Å². The third-order valence-corrected chi connectivity index (χ3v) is 5.31. The number of aryl methyl sites for hydroxylation is 1. The lowest BCUT2D eigenvalue weighted by Crippen LogP contribution is -1.97. The highest BCUT2D eigenvalue weighted by atomic mass is 32.1. The predicted octanol–water partition coefficient (Wildman–Crippen LogP) is 5.93. The van der Waals surface area contributed by atoms with Crippen molar-refractivity contribution in [2.75, 3.05) is 5.32 Å². The fourth-order valence-corrected chi connectivity index (χ4v) is 3.87. The maximum absolute atomic E-state index is 4.48. The summed E-state index contributed by atoms with van der Waals surface area (Å²) >= 11 is 1.64. The van der Waals surface area contributed by atoms with Gasteiger partial charge in [0.1, 0.15) is 22.8 Å². The number of anilines is 2. The molecule has 4 aromatic rings. The van der Waals surface area contributed by atoms with Crippen LogP contribution >= 0.6 is 11.3 Å². The summed E-state index contributed by atoms with van der Waals surface area (Å²) in [7, 11) is 0. The number of benzene rings is 1. The first-order valence-electron chi connectivity index (χ1n) is 8.64. The van der Waals surface area contributed by atoms with E-state index in [0.717, 1.165) is 33.0 Å². The van der Waals surface area contributed by atoms with E-state index in [2.05, 4.69) is 70.7 Å². The molecule has 1 aromatic carbocycles. The van der Waals surface area contributed by atoms with E-state index in [9.17, 15) is 0 Å². The first-order chi connectivity index (χ1) is 12.6. The molecule has 4 nitrogen and oxygen atoms in total. The van der Waals surface area contributed by atoms with Gasteiger partial charge in [0.15, 0.2) is 0 Å². The molecule has 1 N–H and O–H groups in total. The van der Waals surface area contributed by atoms with Gasteiger partial charge in [-0.25, -0.2) is 15.0 Å². The van der Waals surface area contributed by atoms with E-state index in [4.69, 9.17) is 0 Å². The Kier molecular flexibility index (Phi) is 4.39. The third-order valence-electron chi connectivity index (χ3n) is 4.42. The van der Waals surface area contributed by atoms with Gasteiger partial charge in [0.05, 0.1) is 5.39 Å². The molecule has 5 heteroatoms. The Labute approximate surface area is 157 Å². The molecular formula is C21H20N4S. The molecule has 0 aliphatic rings. The first-order valence-corrected chi connectivity index (χ1v) is 9.52. The van der Waals surface area contributed by atoms with Crippen molar-refractivity contribution in [2.45, 2.75) is 26.7 Å². The lowest BCUT2D eigenvalue weighted by molar-refractivity contribution is 0.867. The molecule has 0 saturated heterocycles. The lowest BCUT2D eigenvalue weighted by atomic mass is 9.99. The van der Waals surface area contributed by atoms with E-state index < -0.39 is 0 Å². The maximum Gasteiger partial charge on any atom is 0.144 e. The monoisotopic (exact) mass is 360 g/mol. The normalized spacial score (nSPS) is 11.2. The molecule has 0 bridgehead atoms. The second-order valence-electron chi connectivity index (χ2n) is 6.67. The largest absolute Gasteiger partial charge is 0.324 e. The van der Waals surface area contributed by atoms with E-state index in [1.807, 2.05) is 12.1 Å². The maximum atomic E-state index is 4.48. The average molecular weight is 360 g/mol. The van der Waals surface area contributed by atoms with Crippen molar-refractivity contribution >= 4 is 33.2 Å². The molecule has 130 valence electrons. The summed E-state index contributed by atoms with van der Waals surface area (Å²) in [5, 5.41) is 6.55. The molecule has 4 rings (SSSR count). The van der Waals surface area contributed by atoms with E-state index >= 15 is 0 Å². The molecule has 0 atom stereocenters. The highest BCUT2D eigenvalue weighted by Crippen LogP contribution is 2.37. The van der Waals surface area contributed by atoms with Crippen LogP contribution in [-0.4, -0.2) is 15.0 Å². The number of rotatable bonds is 4. The minimum absolute atomic E-state index is 0.524. The number of nitrogens with zero attached hydrogens (tertiary/aromatic N) is 3. The molecule has 0 aliphatic carbocycles. The van der Waals surface area contributed by atoms with Crippen molar-refractivity contribution in [1.29, 1.82) is 0 Å². The Bertz CT molecular complexity index is 1050. The van der Waals surface area contributed by atoms with Crippen LogP contribution in [0.1, 0.15) is 30.9 Å². The first kappa shape index (κ1) is 16.7. The smallest absolute Gasteiger partial charge is 0.144 e. The van der Waals surface area contributed by atoms with E-state index in [1.165, 1.54) is 11.1 Å². The van der Waals surface area contributed by atoms with Gasteiger partial charge in [-0.3, -0.25) is 0 Å². The van der Waals surface area contributed by atoms with Crippen molar-refractivity contribution < 1.29 is 0 Å². The molecule has 0 radical (unpaired) electrons. The molecular weight excluding hydrogens is 340 g/mol. The van der Waals surface area contributed by atoms with Crippen LogP contribution in [0.15, 0.2) is 54.3 Å². The lowest BCUT2D eigenvalue weighted by Gasteiger charge is -2.09. The fourth-order valence-electron chi connectivity index (χ4n) is 2.96. The van der Waals surface area contributed by atoms with Crippen LogP contribution in [0.5, 0.6) is 0 Å². The zero-order chi connectivity index (χ0) is 18.1. The minimum atomic E-state index is 0.524. The quantitative estimate of drug-likeness (QED) is 0.490. The van der Waals surface area contributed by atoms with Gasteiger partial charge < -0.3 is 5.32 Å². The van der Waals surface area contributed by atoms with Gasteiger partial charge in [-0.1, -0.05) is 38.1 Å². The zero-order valence-electron chi connectivity index (χ0n) is 15.0. The van der Waals surface area contributed by atoms with Gasteiger partial charge >= 0.3 is 0 Å². The number of nitrogens with one attached hydrogen (secondary N) is 1. The second-order valence-corrected chi connectivity index (χ2v) is 7.53. The van der Waals surface area contributed by atoms with Crippen LogP contribution in [0.4, 0.5) is 11.6 Å². The van der Waals surface area contributed by atoms with Crippen LogP contribution in [0.25, 0.3) is 21.3 Å². The topological polar surface area (TPSA) is 50.7 Å². The fraction of sp³-hybridized carbons (Fsp3) is 0.190. The van der Waals surface area contributed by atoms with Gasteiger partial charge in [-0.15, -0.1) is 11.3 Å². The minimum Gasteiger partial charge on any atom is -0.324 e. The number of fused-ring (bicyclic) bond motifs is 1. The van der Waals surface area contributed by atoms with Gasteiger partial charge in [0.25, 0.3) is 0 Å². The van der Waals surface area contributed by atoms with Crippen LogP contribution in [0, 0.1) is 6.92 Å². The number of thiophene rings is 1. The Morgan fingerprint density at radius 1 is 1.00 bits per heavy atom. The van der Waals surface area contributed by atoms with Crippen LogP contribution in [0.3, 0.4) is 0 Å². The van der Waals surface area contributed by atoms with Crippen molar-refractivity contribution in [3.63, 3.8) is 0 Å². The third kappa shape index (κ3) is 3.18. The Morgan fingerprint density at radius 3 is 2.54 bits per heavy atom. The van der Waals surface area contributed by atoms with Gasteiger partial charge in [0, 0.05) is 17.1 Å². The molecule has 0 spiro atoms. The molecule has 3 heterocycles. The molecule has 0 unspecified atom stereocenters. The van der Waals surface area contributed by atoms with E-state index in [-0.39, 0.29) is 0 Å². The van der Waals surface area contributed by atoms with Crippen molar-refractivity contribution in [3.05, 3.63) is 65.4 Å². The summed E-state index contributed by atoms with van der Waals surface area (Å²) in [5.74, 6) is 2.10. The second kappa shape index (κ2) is 6.84.